The molecule has 0 aliphatic carbocycles. The van der Waals surface area contributed by atoms with E-state index in [0.717, 1.165) is 11.9 Å². The Labute approximate surface area is 228 Å². The van der Waals surface area contributed by atoms with E-state index in [1.54, 1.807) is 0 Å². The minimum absolute atomic E-state index is 0.0699. The van der Waals surface area contributed by atoms with Gasteiger partial charge in [-0.1, -0.05) is 17.7 Å². The number of nitrogens with one attached hydrogen (secondary N) is 3. The molecule has 2 amide bonds. The third kappa shape index (κ3) is 4.32. The van der Waals surface area contributed by atoms with E-state index in [1.807, 2.05) is 0 Å². The van der Waals surface area contributed by atoms with Gasteiger partial charge >= 0.3 is 0 Å². The maximum Gasteiger partial charge on any atom is 0.254 e. The van der Waals surface area contributed by atoms with Crippen molar-refractivity contribution in [3.8, 4) is 0 Å². The number of aryl methyl sites for hydroxylation is 1. The Hall–Kier alpha value is -3.61. The van der Waals surface area contributed by atoms with Crippen LogP contribution >= 0.6 is 23.5 Å². The van der Waals surface area contributed by atoms with Crippen LogP contribution in [0, 0.1) is 11.6 Å². The highest BCUT2D eigenvalue weighted by molar-refractivity contribution is 7.97. The second-order valence-corrected chi connectivity index (χ2v) is 10.5. The van der Waals surface area contributed by atoms with Crippen LogP contribution in [0.3, 0.4) is 0 Å². The van der Waals surface area contributed by atoms with Crippen LogP contribution in [0.4, 0.5) is 23.2 Å². The summed E-state index contributed by atoms with van der Waals surface area (Å²) in [5.74, 6) is -2.14. The van der Waals surface area contributed by atoms with Gasteiger partial charge in [0.1, 0.15) is 23.2 Å². The van der Waals surface area contributed by atoms with Gasteiger partial charge in [0, 0.05) is 39.2 Å². The van der Waals surface area contributed by atoms with Gasteiger partial charge in [-0.25, -0.2) is 22.3 Å². The molecular weight excluding hydrogens is 558 g/mol. The molecule has 3 aromatic carbocycles. The van der Waals surface area contributed by atoms with Gasteiger partial charge in [0.2, 0.25) is 12.3 Å². The number of alkyl halides is 2. The summed E-state index contributed by atoms with van der Waals surface area (Å²) < 4.78 is 59.0. The molecule has 0 spiro atoms. The minimum atomic E-state index is -2.68. The molecule has 2 aliphatic rings. The number of anilines is 1. The monoisotopic (exact) mass is 575 g/mol. The molecule has 0 radical (unpaired) electrons. The molecule has 39 heavy (non-hydrogen) atoms. The van der Waals surface area contributed by atoms with Gasteiger partial charge in [-0.15, -0.1) is 0 Å². The van der Waals surface area contributed by atoms with Crippen LogP contribution in [0.25, 0.3) is 10.9 Å². The van der Waals surface area contributed by atoms with Crippen LogP contribution in [-0.2, 0) is 18.3 Å². The van der Waals surface area contributed by atoms with Crippen molar-refractivity contribution in [1.29, 1.82) is 0 Å². The molecule has 13 heteroatoms. The average molecular weight is 576 g/mol. The Morgan fingerprint density at radius 2 is 1.90 bits per heavy atom. The van der Waals surface area contributed by atoms with E-state index < -0.39 is 48.4 Å². The summed E-state index contributed by atoms with van der Waals surface area (Å²) in [7, 11) is 1.49. The Kier molecular flexibility index (Phi) is 6.28. The first kappa shape index (κ1) is 25.7. The number of amides is 2. The van der Waals surface area contributed by atoms with Crippen LogP contribution in [0.2, 0.25) is 5.02 Å². The standard InChI is InChI=1S/C26H18ClF4N5O2S/c1-36-17(9-19(30)31)14-8-16(32-26(38)24-12-4-2-11(29)7-18(12)39-35-24)20-21(23(14)34-36)25(37)33-22(20)13-6-10(28)3-5-15(13)27/h2-8,19,22,24,35H,9H2,1H3,(H,32,38)(H,33,37). The molecule has 0 saturated carbocycles. The number of halogens is 5. The first-order valence-electron chi connectivity index (χ1n) is 11.7. The van der Waals surface area contributed by atoms with Gasteiger partial charge in [-0.05, 0) is 53.9 Å². The SMILES string of the molecule is Cn1nc2c3c(c(NC(=O)C4NSc5cc(F)ccc54)cc2c1CC(F)F)C(c1cc(F)ccc1Cl)NC3=O. The first-order chi connectivity index (χ1) is 18.6. The molecule has 0 bridgehead atoms. The number of rotatable bonds is 5. The van der Waals surface area contributed by atoms with Gasteiger partial charge in [0.25, 0.3) is 5.91 Å². The highest BCUT2D eigenvalue weighted by Crippen LogP contribution is 2.44. The van der Waals surface area contributed by atoms with Crippen molar-refractivity contribution in [1.82, 2.24) is 19.8 Å². The molecule has 200 valence electrons. The maximum atomic E-state index is 14.2. The number of nitrogens with zero attached hydrogens (tertiary/aromatic N) is 2. The summed E-state index contributed by atoms with van der Waals surface area (Å²) in [5, 5.41) is 10.4. The molecule has 3 heterocycles. The van der Waals surface area contributed by atoms with Crippen molar-refractivity contribution in [2.45, 2.75) is 29.8 Å². The molecular formula is C26H18ClF4N5O2S. The summed E-state index contributed by atoms with van der Waals surface area (Å²) in [5.41, 5.74) is 1.64. The summed E-state index contributed by atoms with van der Waals surface area (Å²) in [6.07, 6.45) is -3.31. The number of aromatic nitrogens is 2. The Bertz CT molecular complexity index is 1700. The zero-order chi connectivity index (χ0) is 27.6. The van der Waals surface area contributed by atoms with Crippen molar-refractivity contribution in [2.75, 3.05) is 5.32 Å². The van der Waals surface area contributed by atoms with Crippen molar-refractivity contribution in [2.24, 2.45) is 7.05 Å². The quantitative estimate of drug-likeness (QED) is 0.218. The largest absolute Gasteiger partial charge is 0.341 e. The lowest BCUT2D eigenvalue weighted by Gasteiger charge is -2.19. The zero-order valence-electron chi connectivity index (χ0n) is 20.0. The van der Waals surface area contributed by atoms with E-state index >= 15 is 0 Å². The Balaban J connectivity index is 1.52. The molecule has 6 rings (SSSR count). The number of hydrogen-bond donors (Lipinski definition) is 3. The van der Waals surface area contributed by atoms with E-state index in [1.165, 1.54) is 54.2 Å². The molecule has 3 N–H and O–H groups in total. The predicted molar refractivity (Wildman–Crippen MR) is 138 cm³/mol. The molecule has 2 atom stereocenters. The number of benzene rings is 3. The predicted octanol–water partition coefficient (Wildman–Crippen LogP) is 5.44. The molecule has 1 aromatic heterocycles. The smallest absolute Gasteiger partial charge is 0.254 e. The number of carbonyl (C=O) groups excluding carboxylic acids is 2. The second kappa shape index (κ2) is 9.54. The van der Waals surface area contributed by atoms with E-state index in [0.29, 0.717) is 10.5 Å². The molecule has 0 fully saturated rings. The summed E-state index contributed by atoms with van der Waals surface area (Å²) in [6.45, 7) is 0. The first-order valence-corrected chi connectivity index (χ1v) is 12.9. The van der Waals surface area contributed by atoms with E-state index in [9.17, 15) is 27.2 Å². The number of carbonyl (C=O) groups is 2. The van der Waals surface area contributed by atoms with E-state index in [-0.39, 0.29) is 44.0 Å². The summed E-state index contributed by atoms with van der Waals surface area (Å²) in [6, 6.07) is 7.42. The highest BCUT2D eigenvalue weighted by atomic mass is 35.5. The molecule has 2 unspecified atom stereocenters. The van der Waals surface area contributed by atoms with Crippen LogP contribution in [-0.4, -0.2) is 28.0 Å². The van der Waals surface area contributed by atoms with Crippen LogP contribution < -0.4 is 15.4 Å². The maximum absolute atomic E-state index is 14.2. The average Bonchev–Trinajstić information content (AvgIpc) is 3.54. The second-order valence-electron chi connectivity index (χ2n) is 9.17. The lowest BCUT2D eigenvalue weighted by atomic mass is 9.93. The third-order valence-corrected chi connectivity index (χ3v) is 8.06. The topological polar surface area (TPSA) is 88.1 Å². The normalized spacial score (nSPS) is 18.0. The fourth-order valence-corrected chi connectivity index (χ4v) is 6.26. The highest BCUT2D eigenvalue weighted by Gasteiger charge is 2.39. The van der Waals surface area contributed by atoms with E-state index in [2.05, 4.69) is 20.5 Å². The Morgan fingerprint density at radius 1 is 1.15 bits per heavy atom. The fraction of sp³-hybridized carbons (Fsp3) is 0.192. The van der Waals surface area contributed by atoms with Crippen LogP contribution in [0.5, 0.6) is 0 Å². The fourth-order valence-electron chi connectivity index (χ4n) is 5.08. The van der Waals surface area contributed by atoms with E-state index in [4.69, 9.17) is 11.6 Å². The molecule has 4 aromatic rings. The van der Waals surface area contributed by atoms with Gasteiger partial charge in [0.15, 0.2) is 0 Å². The molecule has 7 nitrogen and oxygen atoms in total. The summed E-state index contributed by atoms with van der Waals surface area (Å²) in [4.78, 5) is 27.3. The van der Waals surface area contributed by atoms with Crippen molar-refractivity contribution in [3.05, 3.63) is 87.1 Å². The van der Waals surface area contributed by atoms with Crippen LogP contribution in [0.1, 0.15) is 44.8 Å². The molecule has 2 aliphatic heterocycles. The lowest BCUT2D eigenvalue weighted by molar-refractivity contribution is -0.117. The Morgan fingerprint density at radius 3 is 2.67 bits per heavy atom. The van der Waals surface area contributed by atoms with Gasteiger partial charge < -0.3 is 10.6 Å². The summed E-state index contributed by atoms with van der Waals surface area (Å²) >= 11 is 7.47. The lowest BCUT2D eigenvalue weighted by Crippen LogP contribution is -2.27. The van der Waals surface area contributed by atoms with Gasteiger partial charge in [-0.2, -0.15) is 5.10 Å². The van der Waals surface area contributed by atoms with Gasteiger partial charge in [0.05, 0.1) is 23.7 Å². The van der Waals surface area contributed by atoms with Crippen molar-refractivity contribution < 1.29 is 27.2 Å². The minimum Gasteiger partial charge on any atom is -0.341 e. The number of hydrogen-bond acceptors (Lipinski definition) is 5. The third-order valence-electron chi connectivity index (χ3n) is 6.79. The zero-order valence-corrected chi connectivity index (χ0v) is 21.6. The molecule has 0 saturated heterocycles. The number of fused-ring (bicyclic) bond motifs is 4. The van der Waals surface area contributed by atoms with Crippen molar-refractivity contribution in [3.63, 3.8) is 0 Å². The van der Waals surface area contributed by atoms with Gasteiger partial charge in [-0.3, -0.25) is 14.3 Å². The van der Waals surface area contributed by atoms with Crippen LogP contribution in [0.15, 0.2) is 47.4 Å². The van der Waals surface area contributed by atoms with Crippen molar-refractivity contribution >= 4 is 52.0 Å².